The number of nitrogens with one attached hydrogen (secondary N) is 2. The van der Waals surface area contributed by atoms with E-state index in [-0.39, 0.29) is 11.9 Å². The van der Waals surface area contributed by atoms with Gasteiger partial charge in [-0.1, -0.05) is 12.1 Å². The van der Waals surface area contributed by atoms with Crippen molar-refractivity contribution in [1.82, 2.24) is 25.3 Å². The van der Waals surface area contributed by atoms with Crippen molar-refractivity contribution in [3.05, 3.63) is 23.9 Å². The standard InChI is InChI=1S/C20H29N5O3/c1-27-17-4-2-3-16-18(20(26)22-15-5-7-21-8-6-15)23-25(19(16)17)10-9-24-11-13-28-14-12-24/h2-4,15,21H,5-14H2,1H3,(H,22,26). The molecule has 0 atom stereocenters. The number of morpholine rings is 1. The number of amides is 1. The van der Waals surface area contributed by atoms with Crippen LogP contribution >= 0.6 is 0 Å². The summed E-state index contributed by atoms with van der Waals surface area (Å²) in [7, 11) is 1.66. The van der Waals surface area contributed by atoms with Crippen LogP contribution in [0.2, 0.25) is 0 Å². The van der Waals surface area contributed by atoms with Gasteiger partial charge in [-0.05, 0) is 32.0 Å². The van der Waals surface area contributed by atoms with Gasteiger partial charge >= 0.3 is 0 Å². The third-order valence-electron chi connectivity index (χ3n) is 5.57. The summed E-state index contributed by atoms with van der Waals surface area (Å²) in [5.74, 6) is 0.642. The van der Waals surface area contributed by atoms with E-state index in [1.54, 1.807) is 7.11 Å². The number of carbonyl (C=O) groups is 1. The summed E-state index contributed by atoms with van der Waals surface area (Å²) in [5.41, 5.74) is 1.36. The fraction of sp³-hybridized carbons (Fsp3) is 0.600. The minimum Gasteiger partial charge on any atom is -0.494 e. The predicted octanol–water partition coefficient (Wildman–Crippen LogP) is 0.859. The maximum Gasteiger partial charge on any atom is 0.272 e. The lowest BCUT2D eigenvalue weighted by Gasteiger charge is -2.26. The summed E-state index contributed by atoms with van der Waals surface area (Å²) in [6, 6.07) is 5.99. The molecule has 0 radical (unpaired) electrons. The summed E-state index contributed by atoms with van der Waals surface area (Å²) in [5, 5.41) is 12.0. The summed E-state index contributed by atoms with van der Waals surface area (Å²) < 4.78 is 12.9. The van der Waals surface area contributed by atoms with Crippen molar-refractivity contribution in [2.24, 2.45) is 0 Å². The molecule has 2 N–H and O–H groups in total. The molecule has 2 aliphatic heterocycles. The summed E-state index contributed by atoms with van der Waals surface area (Å²) in [4.78, 5) is 15.3. The molecule has 3 heterocycles. The van der Waals surface area contributed by atoms with Crippen LogP contribution in [-0.4, -0.2) is 79.7 Å². The minimum atomic E-state index is -0.102. The molecule has 2 fully saturated rings. The number of aromatic nitrogens is 2. The zero-order chi connectivity index (χ0) is 19.3. The fourth-order valence-electron chi connectivity index (χ4n) is 3.98. The highest BCUT2D eigenvalue weighted by Gasteiger charge is 2.23. The van der Waals surface area contributed by atoms with Crippen molar-refractivity contribution in [3.63, 3.8) is 0 Å². The van der Waals surface area contributed by atoms with Crippen molar-refractivity contribution in [2.75, 3.05) is 53.0 Å². The molecular weight excluding hydrogens is 358 g/mol. The first kappa shape index (κ1) is 19.2. The van der Waals surface area contributed by atoms with Gasteiger partial charge in [0.05, 0.1) is 26.9 Å². The minimum absolute atomic E-state index is 0.102. The van der Waals surface area contributed by atoms with Crippen molar-refractivity contribution in [2.45, 2.75) is 25.4 Å². The number of fused-ring (bicyclic) bond motifs is 1. The Balaban J connectivity index is 1.58. The van der Waals surface area contributed by atoms with Gasteiger partial charge in [-0.3, -0.25) is 14.4 Å². The molecule has 1 aromatic heterocycles. The lowest BCUT2D eigenvalue weighted by atomic mass is 10.1. The lowest BCUT2D eigenvalue weighted by Crippen LogP contribution is -2.42. The Hall–Kier alpha value is -2.16. The average Bonchev–Trinajstić information content (AvgIpc) is 3.13. The molecule has 4 rings (SSSR count). The second-order valence-corrected chi connectivity index (χ2v) is 7.38. The Kier molecular flexibility index (Phi) is 6.09. The quantitative estimate of drug-likeness (QED) is 0.765. The van der Waals surface area contributed by atoms with Crippen LogP contribution in [0.1, 0.15) is 23.3 Å². The van der Waals surface area contributed by atoms with Crippen LogP contribution < -0.4 is 15.4 Å². The highest BCUT2D eigenvalue weighted by molar-refractivity contribution is 6.06. The van der Waals surface area contributed by atoms with Gasteiger partial charge in [-0.15, -0.1) is 0 Å². The number of hydrogen-bond acceptors (Lipinski definition) is 6. The third-order valence-corrected chi connectivity index (χ3v) is 5.57. The van der Waals surface area contributed by atoms with E-state index in [0.29, 0.717) is 12.2 Å². The smallest absolute Gasteiger partial charge is 0.272 e. The SMILES string of the molecule is COc1cccc2c(C(=O)NC3CCNCC3)nn(CCN3CCOCC3)c12. The molecule has 2 saturated heterocycles. The first-order valence-electron chi connectivity index (χ1n) is 10.1. The van der Waals surface area contributed by atoms with Crippen molar-refractivity contribution in [1.29, 1.82) is 0 Å². The molecule has 0 saturated carbocycles. The van der Waals surface area contributed by atoms with Crippen LogP contribution in [0.3, 0.4) is 0 Å². The van der Waals surface area contributed by atoms with Crippen LogP contribution in [0.25, 0.3) is 10.9 Å². The fourth-order valence-corrected chi connectivity index (χ4v) is 3.98. The summed E-state index contributed by atoms with van der Waals surface area (Å²) in [6.45, 7) is 6.85. The van der Waals surface area contributed by atoms with E-state index in [1.165, 1.54) is 0 Å². The van der Waals surface area contributed by atoms with E-state index in [1.807, 2.05) is 22.9 Å². The second kappa shape index (κ2) is 8.89. The molecular formula is C20H29N5O3. The largest absolute Gasteiger partial charge is 0.494 e. The number of benzene rings is 1. The highest BCUT2D eigenvalue weighted by Crippen LogP contribution is 2.28. The van der Waals surface area contributed by atoms with Gasteiger partial charge in [0.25, 0.3) is 5.91 Å². The molecule has 0 spiro atoms. The Morgan fingerprint density at radius 2 is 2.07 bits per heavy atom. The van der Waals surface area contributed by atoms with Crippen molar-refractivity contribution < 1.29 is 14.3 Å². The van der Waals surface area contributed by atoms with Gasteiger partial charge in [0.1, 0.15) is 11.3 Å². The molecule has 8 nitrogen and oxygen atoms in total. The van der Waals surface area contributed by atoms with E-state index in [2.05, 4.69) is 15.5 Å². The van der Waals surface area contributed by atoms with Crippen LogP contribution in [0.4, 0.5) is 0 Å². The van der Waals surface area contributed by atoms with Crippen molar-refractivity contribution in [3.8, 4) is 5.75 Å². The van der Waals surface area contributed by atoms with E-state index in [0.717, 1.165) is 75.4 Å². The maximum atomic E-state index is 13.0. The van der Waals surface area contributed by atoms with Crippen molar-refractivity contribution >= 4 is 16.8 Å². The molecule has 2 aliphatic rings. The summed E-state index contributed by atoms with van der Waals surface area (Å²) >= 11 is 0. The Bertz CT molecular complexity index is 810. The molecule has 28 heavy (non-hydrogen) atoms. The number of methoxy groups -OCH3 is 1. The van der Waals surface area contributed by atoms with Gasteiger partial charge in [0.15, 0.2) is 5.69 Å². The van der Waals surface area contributed by atoms with E-state index in [4.69, 9.17) is 14.6 Å². The van der Waals surface area contributed by atoms with E-state index < -0.39 is 0 Å². The highest BCUT2D eigenvalue weighted by atomic mass is 16.5. The number of carbonyl (C=O) groups excluding carboxylic acids is 1. The van der Waals surface area contributed by atoms with E-state index >= 15 is 0 Å². The number of hydrogen-bond donors (Lipinski definition) is 2. The number of piperidine rings is 1. The van der Waals surface area contributed by atoms with Crippen LogP contribution in [0, 0.1) is 0 Å². The molecule has 1 amide bonds. The zero-order valence-corrected chi connectivity index (χ0v) is 16.4. The molecule has 0 aliphatic carbocycles. The van der Waals surface area contributed by atoms with Gasteiger partial charge in [0.2, 0.25) is 0 Å². The Morgan fingerprint density at radius 1 is 1.29 bits per heavy atom. The normalized spacial score (nSPS) is 19.0. The molecule has 0 bridgehead atoms. The van der Waals surface area contributed by atoms with Gasteiger partial charge in [-0.2, -0.15) is 5.10 Å². The number of para-hydroxylation sites is 1. The van der Waals surface area contributed by atoms with Crippen LogP contribution in [0.15, 0.2) is 18.2 Å². The van der Waals surface area contributed by atoms with Crippen LogP contribution in [-0.2, 0) is 11.3 Å². The number of ether oxygens (including phenoxy) is 2. The lowest BCUT2D eigenvalue weighted by molar-refractivity contribution is 0.0361. The van der Waals surface area contributed by atoms with Gasteiger partial charge in [-0.25, -0.2) is 0 Å². The third kappa shape index (κ3) is 4.14. The predicted molar refractivity (Wildman–Crippen MR) is 107 cm³/mol. The molecule has 0 unspecified atom stereocenters. The summed E-state index contributed by atoms with van der Waals surface area (Å²) in [6.07, 6.45) is 1.90. The molecule has 2 aromatic rings. The number of rotatable bonds is 6. The topological polar surface area (TPSA) is 80.7 Å². The molecule has 8 heteroatoms. The first-order valence-corrected chi connectivity index (χ1v) is 10.1. The average molecular weight is 387 g/mol. The molecule has 152 valence electrons. The maximum absolute atomic E-state index is 13.0. The zero-order valence-electron chi connectivity index (χ0n) is 16.4. The van der Waals surface area contributed by atoms with E-state index in [9.17, 15) is 4.79 Å². The monoisotopic (exact) mass is 387 g/mol. The molecule has 1 aromatic carbocycles. The number of nitrogens with zero attached hydrogens (tertiary/aromatic N) is 3. The van der Waals surface area contributed by atoms with Gasteiger partial charge < -0.3 is 20.1 Å². The van der Waals surface area contributed by atoms with Crippen LogP contribution in [0.5, 0.6) is 5.75 Å². The first-order chi connectivity index (χ1) is 13.8. The van der Waals surface area contributed by atoms with Gasteiger partial charge in [0, 0.05) is 31.1 Å². The Labute approximate surface area is 165 Å². The second-order valence-electron chi connectivity index (χ2n) is 7.38. The Morgan fingerprint density at radius 3 is 2.82 bits per heavy atom.